The van der Waals surface area contributed by atoms with Crippen LogP contribution >= 0.6 is 0 Å². The van der Waals surface area contributed by atoms with Crippen LogP contribution in [0.15, 0.2) is 36.4 Å². The first kappa shape index (κ1) is 22.0. The molecule has 6 heteroatoms. The molecule has 5 nitrogen and oxygen atoms in total. The molecule has 152 valence electrons. The molecule has 0 radical (unpaired) electrons. The molecule has 28 heavy (non-hydrogen) atoms. The molecule has 0 unspecified atom stereocenters. The third-order valence-corrected chi connectivity index (χ3v) is 5.97. The number of sulfonamides is 1. The maximum Gasteiger partial charge on any atom is 0.248 e. The summed E-state index contributed by atoms with van der Waals surface area (Å²) in [5, 5.41) is 2.97. The lowest BCUT2D eigenvalue weighted by molar-refractivity contribution is -0.116. The van der Waals surface area contributed by atoms with Gasteiger partial charge in [0.1, 0.15) is 6.04 Å². The Morgan fingerprint density at radius 2 is 1.57 bits per heavy atom. The molecule has 0 aliphatic heterocycles. The quantitative estimate of drug-likeness (QED) is 0.772. The molecule has 0 heterocycles. The van der Waals surface area contributed by atoms with Gasteiger partial charge in [-0.3, -0.25) is 9.10 Å². The average molecular weight is 403 g/mol. The number of amides is 1. The Balaban J connectivity index is 2.44. The molecule has 0 aliphatic rings. The van der Waals surface area contributed by atoms with Crippen molar-refractivity contribution in [2.45, 2.75) is 53.5 Å². The van der Waals surface area contributed by atoms with E-state index in [1.54, 1.807) is 19.1 Å². The van der Waals surface area contributed by atoms with Crippen molar-refractivity contribution in [2.75, 3.05) is 15.9 Å². The molecule has 1 atom stereocenters. The number of carbonyl (C=O) groups excluding carboxylic acids is 1. The Morgan fingerprint density at radius 1 is 1.00 bits per heavy atom. The second-order valence-corrected chi connectivity index (χ2v) is 9.62. The molecule has 1 N–H and O–H groups in total. The molecule has 0 fully saturated rings. The Hall–Kier alpha value is -2.34. The van der Waals surface area contributed by atoms with Crippen LogP contribution < -0.4 is 9.62 Å². The van der Waals surface area contributed by atoms with Gasteiger partial charge in [0, 0.05) is 5.69 Å². The zero-order valence-electron chi connectivity index (χ0n) is 17.7. The number of carbonyl (C=O) groups is 1. The second-order valence-electron chi connectivity index (χ2n) is 7.76. The summed E-state index contributed by atoms with van der Waals surface area (Å²) < 4.78 is 26.3. The first-order valence-electron chi connectivity index (χ1n) is 9.40. The number of benzene rings is 2. The van der Waals surface area contributed by atoms with Crippen molar-refractivity contribution in [3.63, 3.8) is 0 Å². The number of anilines is 2. The van der Waals surface area contributed by atoms with E-state index in [9.17, 15) is 13.2 Å². The van der Waals surface area contributed by atoms with Gasteiger partial charge in [-0.2, -0.15) is 0 Å². The van der Waals surface area contributed by atoms with E-state index in [4.69, 9.17) is 0 Å². The van der Waals surface area contributed by atoms with Crippen LogP contribution in [0.2, 0.25) is 0 Å². The molecule has 2 aromatic rings. The maximum absolute atomic E-state index is 13.1. The summed E-state index contributed by atoms with van der Waals surface area (Å²) in [4.78, 5) is 13.1. The molecule has 2 aromatic carbocycles. The van der Waals surface area contributed by atoms with Crippen LogP contribution in [0.5, 0.6) is 0 Å². The van der Waals surface area contributed by atoms with Gasteiger partial charge in [0.2, 0.25) is 15.9 Å². The molecule has 0 saturated carbocycles. The van der Waals surface area contributed by atoms with Gasteiger partial charge in [0.25, 0.3) is 0 Å². The van der Waals surface area contributed by atoms with Gasteiger partial charge in [0.15, 0.2) is 0 Å². The molecule has 0 saturated heterocycles. The molecular formula is C22H30N2O3S. The first-order chi connectivity index (χ1) is 12.9. The number of rotatable bonds is 6. The van der Waals surface area contributed by atoms with E-state index in [1.165, 1.54) is 4.31 Å². The minimum absolute atomic E-state index is 0.232. The van der Waals surface area contributed by atoms with Gasteiger partial charge in [0.05, 0.1) is 11.9 Å². The van der Waals surface area contributed by atoms with Crippen LogP contribution in [0.25, 0.3) is 0 Å². The first-order valence-corrected chi connectivity index (χ1v) is 11.2. The van der Waals surface area contributed by atoms with Gasteiger partial charge in [-0.1, -0.05) is 38.1 Å². The highest BCUT2D eigenvalue weighted by Gasteiger charge is 2.30. The van der Waals surface area contributed by atoms with Crippen LogP contribution in [0, 0.1) is 20.8 Å². The Bertz CT molecular complexity index is 961. The lowest BCUT2D eigenvalue weighted by Gasteiger charge is -2.29. The van der Waals surface area contributed by atoms with Crippen LogP contribution in [0.3, 0.4) is 0 Å². The lowest BCUT2D eigenvalue weighted by atomic mass is 9.98. The van der Waals surface area contributed by atoms with Crippen LogP contribution in [0.1, 0.15) is 48.9 Å². The number of aryl methyl sites for hydroxylation is 3. The van der Waals surface area contributed by atoms with Gasteiger partial charge < -0.3 is 5.32 Å². The van der Waals surface area contributed by atoms with E-state index in [2.05, 4.69) is 19.2 Å². The SMILES string of the molecule is Cc1cc(C)cc(N([C@H](C)C(=O)Nc2c(C)cccc2C(C)C)S(C)(=O)=O)c1. The fraction of sp³-hybridized carbons (Fsp3) is 0.409. The number of hydrogen-bond acceptors (Lipinski definition) is 3. The van der Waals surface area contributed by atoms with Gasteiger partial charge in [-0.15, -0.1) is 0 Å². The third kappa shape index (κ3) is 4.93. The minimum Gasteiger partial charge on any atom is -0.324 e. The Labute approximate surface area is 168 Å². The summed E-state index contributed by atoms with van der Waals surface area (Å²) >= 11 is 0. The largest absolute Gasteiger partial charge is 0.324 e. The summed E-state index contributed by atoms with van der Waals surface area (Å²) in [6.45, 7) is 11.5. The summed E-state index contributed by atoms with van der Waals surface area (Å²) in [7, 11) is -3.65. The van der Waals surface area contributed by atoms with Crippen molar-refractivity contribution in [1.29, 1.82) is 0 Å². The van der Waals surface area contributed by atoms with E-state index >= 15 is 0 Å². The second kappa shape index (κ2) is 8.35. The fourth-order valence-electron chi connectivity index (χ4n) is 3.46. The molecule has 1 amide bonds. The average Bonchev–Trinajstić information content (AvgIpc) is 2.54. The van der Waals surface area contributed by atoms with Gasteiger partial charge in [-0.05, 0) is 68.0 Å². The molecule has 0 aliphatic carbocycles. The van der Waals surface area contributed by atoms with Crippen molar-refractivity contribution in [3.8, 4) is 0 Å². The van der Waals surface area contributed by atoms with Gasteiger partial charge in [-0.25, -0.2) is 8.42 Å². The Kier molecular flexibility index (Phi) is 6.55. The predicted molar refractivity (Wildman–Crippen MR) is 117 cm³/mol. The van der Waals surface area contributed by atoms with Crippen molar-refractivity contribution in [1.82, 2.24) is 0 Å². The summed E-state index contributed by atoms with van der Waals surface area (Å²) in [6.07, 6.45) is 1.13. The summed E-state index contributed by atoms with van der Waals surface area (Å²) in [6, 6.07) is 10.5. The standard InChI is InChI=1S/C22H30N2O3S/c1-14(2)20-10-8-9-17(5)21(20)23-22(25)18(6)24(28(7,26)27)19-12-15(3)11-16(4)13-19/h8-14,18H,1-7H3,(H,23,25)/t18-/m1/s1. The van der Waals surface area contributed by atoms with E-state index < -0.39 is 16.1 Å². The van der Waals surface area contributed by atoms with E-state index in [1.807, 2.05) is 45.0 Å². The van der Waals surface area contributed by atoms with Crippen LogP contribution in [-0.4, -0.2) is 26.6 Å². The topological polar surface area (TPSA) is 66.5 Å². The van der Waals surface area contributed by atoms with E-state index in [0.29, 0.717) is 5.69 Å². The highest BCUT2D eigenvalue weighted by Crippen LogP contribution is 2.29. The highest BCUT2D eigenvalue weighted by atomic mass is 32.2. The van der Waals surface area contributed by atoms with Crippen molar-refractivity contribution in [3.05, 3.63) is 58.7 Å². The molecule has 0 spiro atoms. The lowest BCUT2D eigenvalue weighted by Crippen LogP contribution is -2.45. The molecule has 2 rings (SSSR count). The molecule has 0 bridgehead atoms. The summed E-state index contributed by atoms with van der Waals surface area (Å²) in [5.41, 5.74) is 5.11. The van der Waals surface area contributed by atoms with Crippen LogP contribution in [-0.2, 0) is 14.8 Å². The van der Waals surface area contributed by atoms with Crippen molar-refractivity contribution < 1.29 is 13.2 Å². The van der Waals surface area contributed by atoms with E-state index in [-0.39, 0.29) is 11.8 Å². The Morgan fingerprint density at radius 3 is 2.07 bits per heavy atom. The minimum atomic E-state index is -3.65. The van der Waals surface area contributed by atoms with Gasteiger partial charge >= 0.3 is 0 Å². The highest BCUT2D eigenvalue weighted by molar-refractivity contribution is 7.92. The summed E-state index contributed by atoms with van der Waals surface area (Å²) in [5.74, 6) is -0.128. The third-order valence-electron chi connectivity index (χ3n) is 4.72. The van der Waals surface area contributed by atoms with E-state index in [0.717, 1.165) is 34.2 Å². The zero-order valence-corrected chi connectivity index (χ0v) is 18.5. The van der Waals surface area contributed by atoms with Crippen molar-refractivity contribution >= 4 is 27.3 Å². The number of nitrogens with one attached hydrogen (secondary N) is 1. The maximum atomic E-state index is 13.1. The monoisotopic (exact) mass is 402 g/mol. The number of hydrogen-bond donors (Lipinski definition) is 1. The number of para-hydroxylation sites is 1. The smallest absolute Gasteiger partial charge is 0.248 e. The molecular weight excluding hydrogens is 372 g/mol. The predicted octanol–water partition coefficient (Wildman–Crippen LogP) is 4.53. The fourth-order valence-corrected chi connectivity index (χ4v) is 4.62. The van der Waals surface area contributed by atoms with Crippen LogP contribution in [0.4, 0.5) is 11.4 Å². The molecule has 0 aromatic heterocycles. The normalized spacial score (nSPS) is 12.7. The zero-order chi connectivity index (χ0) is 21.2. The number of nitrogens with zero attached hydrogens (tertiary/aromatic N) is 1. The van der Waals surface area contributed by atoms with Crippen molar-refractivity contribution in [2.24, 2.45) is 0 Å².